The molecule has 162 valence electrons. The molecule has 0 atom stereocenters. The Balaban J connectivity index is 1.42. The Kier molecular flexibility index (Phi) is 6.11. The molecule has 0 bridgehead atoms. The van der Waals surface area contributed by atoms with Gasteiger partial charge in [-0.25, -0.2) is 12.8 Å². The van der Waals surface area contributed by atoms with Gasteiger partial charge in [0.1, 0.15) is 10.0 Å². The zero-order valence-electron chi connectivity index (χ0n) is 16.8. The van der Waals surface area contributed by atoms with Crippen LogP contribution in [0.4, 0.5) is 10.1 Å². The summed E-state index contributed by atoms with van der Waals surface area (Å²) < 4.78 is 40.8. The molecule has 2 N–H and O–H groups in total. The molecule has 1 amide bonds. The highest BCUT2D eigenvalue weighted by atomic mass is 32.2. The van der Waals surface area contributed by atoms with Crippen LogP contribution >= 0.6 is 11.3 Å². The van der Waals surface area contributed by atoms with Crippen molar-refractivity contribution in [2.24, 2.45) is 0 Å². The molecule has 0 unspecified atom stereocenters. The molecule has 1 saturated carbocycles. The van der Waals surface area contributed by atoms with Crippen LogP contribution in [0.1, 0.15) is 36.8 Å². The van der Waals surface area contributed by atoms with Gasteiger partial charge in [0.05, 0.1) is 12.0 Å². The van der Waals surface area contributed by atoms with E-state index in [1.165, 1.54) is 12.1 Å². The van der Waals surface area contributed by atoms with E-state index in [9.17, 15) is 17.6 Å². The lowest BCUT2D eigenvalue weighted by molar-refractivity contribution is -0.122. The molecule has 5 nitrogen and oxygen atoms in total. The minimum absolute atomic E-state index is 0.113. The second-order valence-electron chi connectivity index (χ2n) is 7.76. The molecule has 0 saturated heterocycles. The van der Waals surface area contributed by atoms with Gasteiger partial charge in [0.25, 0.3) is 10.0 Å². The van der Waals surface area contributed by atoms with Crippen LogP contribution in [0.25, 0.3) is 0 Å². The van der Waals surface area contributed by atoms with Crippen LogP contribution in [0.5, 0.6) is 0 Å². The molecule has 1 aromatic heterocycles. The maximum Gasteiger partial charge on any atom is 0.271 e. The van der Waals surface area contributed by atoms with Crippen molar-refractivity contribution in [2.45, 2.75) is 41.9 Å². The summed E-state index contributed by atoms with van der Waals surface area (Å²) in [4.78, 5) is 12.8. The van der Waals surface area contributed by atoms with Crippen molar-refractivity contribution in [3.8, 4) is 0 Å². The van der Waals surface area contributed by atoms with E-state index in [4.69, 9.17) is 0 Å². The standard InChI is InChI=1S/C23H23FN2O3S2/c24-19-9-7-18(8-10-19)23(13-1-2-14-23)25-21(27)16-17-5-11-20(12-6-17)26-31(28,29)22-4-3-15-30-22/h3-12,15,26H,1-2,13-14,16H2,(H,25,27). The predicted octanol–water partition coefficient (Wildman–Crippen LogP) is 4.82. The van der Waals surface area contributed by atoms with Gasteiger partial charge >= 0.3 is 0 Å². The Labute approximate surface area is 185 Å². The third kappa shape index (κ3) is 4.97. The lowest BCUT2D eigenvalue weighted by Crippen LogP contribution is -2.44. The largest absolute Gasteiger partial charge is 0.346 e. The van der Waals surface area contributed by atoms with E-state index < -0.39 is 15.6 Å². The third-order valence-corrected chi connectivity index (χ3v) is 8.34. The minimum atomic E-state index is -3.60. The average Bonchev–Trinajstić information content (AvgIpc) is 3.43. The van der Waals surface area contributed by atoms with Gasteiger partial charge in [-0.3, -0.25) is 9.52 Å². The Morgan fingerprint density at radius 1 is 1.00 bits per heavy atom. The van der Waals surface area contributed by atoms with Crippen molar-refractivity contribution in [1.82, 2.24) is 5.32 Å². The first-order valence-electron chi connectivity index (χ1n) is 10.1. The molecule has 31 heavy (non-hydrogen) atoms. The summed E-state index contributed by atoms with van der Waals surface area (Å²) in [5.74, 6) is -0.406. The van der Waals surface area contributed by atoms with E-state index in [-0.39, 0.29) is 22.4 Å². The van der Waals surface area contributed by atoms with Crippen LogP contribution in [0.3, 0.4) is 0 Å². The fraction of sp³-hybridized carbons (Fsp3) is 0.261. The second kappa shape index (κ2) is 8.80. The smallest absolute Gasteiger partial charge is 0.271 e. The number of hydrogen-bond donors (Lipinski definition) is 2. The first-order valence-corrected chi connectivity index (χ1v) is 12.4. The van der Waals surface area contributed by atoms with Gasteiger partial charge in [0, 0.05) is 5.69 Å². The first-order chi connectivity index (χ1) is 14.9. The highest BCUT2D eigenvalue weighted by Crippen LogP contribution is 2.38. The number of hydrogen-bond acceptors (Lipinski definition) is 4. The number of carbonyl (C=O) groups is 1. The van der Waals surface area contributed by atoms with E-state index in [2.05, 4.69) is 10.0 Å². The summed E-state index contributed by atoms with van der Waals surface area (Å²) >= 11 is 1.15. The van der Waals surface area contributed by atoms with Crippen LogP contribution in [0.2, 0.25) is 0 Å². The van der Waals surface area contributed by atoms with Crippen molar-refractivity contribution in [1.29, 1.82) is 0 Å². The van der Waals surface area contributed by atoms with E-state index in [0.29, 0.717) is 5.69 Å². The van der Waals surface area contributed by atoms with Crippen LogP contribution in [0.15, 0.2) is 70.3 Å². The maximum atomic E-state index is 13.3. The van der Waals surface area contributed by atoms with Gasteiger partial charge in [0.15, 0.2) is 0 Å². The number of thiophene rings is 1. The molecule has 1 heterocycles. The fourth-order valence-electron chi connectivity index (χ4n) is 4.04. The number of benzene rings is 2. The molecule has 0 radical (unpaired) electrons. The lowest BCUT2D eigenvalue weighted by Gasteiger charge is -2.31. The van der Waals surface area contributed by atoms with Gasteiger partial charge in [-0.1, -0.05) is 43.2 Å². The zero-order valence-corrected chi connectivity index (χ0v) is 18.4. The quantitative estimate of drug-likeness (QED) is 0.533. The molecule has 0 aliphatic heterocycles. The molecule has 1 aliphatic carbocycles. The summed E-state index contributed by atoms with van der Waals surface area (Å²) in [5, 5.41) is 4.88. The summed E-state index contributed by atoms with van der Waals surface area (Å²) in [5.41, 5.74) is 1.69. The molecule has 1 fully saturated rings. The number of carbonyl (C=O) groups excluding carboxylic acids is 1. The SMILES string of the molecule is O=C(Cc1ccc(NS(=O)(=O)c2cccs2)cc1)NC1(c2ccc(F)cc2)CCCC1. The van der Waals surface area contributed by atoms with Gasteiger partial charge in [0.2, 0.25) is 5.91 Å². The Hall–Kier alpha value is -2.71. The number of sulfonamides is 1. The van der Waals surface area contributed by atoms with Gasteiger partial charge in [-0.2, -0.15) is 0 Å². The summed E-state index contributed by atoms with van der Waals surface area (Å²) in [6.07, 6.45) is 3.86. The molecule has 8 heteroatoms. The van der Waals surface area contributed by atoms with Gasteiger partial charge in [-0.05, 0) is 59.7 Å². The Bertz CT molecular complexity index is 1140. The van der Waals surface area contributed by atoms with E-state index in [0.717, 1.165) is 48.1 Å². The lowest BCUT2D eigenvalue weighted by atomic mass is 9.87. The molecular weight excluding hydrogens is 435 g/mol. The van der Waals surface area contributed by atoms with Gasteiger partial charge < -0.3 is 5.32 Å². The molecular formula is C23H23FN2O3S2. The number of halogens is 1. The molecule has 0 spiro atoms. The van der Waals surface area contributed by atoms with Crippen LogP contribution < -0.4 is 10.0 Å². The Morgan fingerprint density at radius 3 is 2.29 bits per heavy atom. The van der Waals surface area contributed by atoms with E-state index in [1.807, 2.05) is 0 Å². The highest BCUT2D eigenvalue weighted by Gasteiger charge is 2.36. The molecule has 1 aliphatic rings. The number of rotatable bonds is 7. The molecule has 4 rings (SSSR count). The van der Waals surface area contributed by atoms with E-state index in [1.54, 1.807) is 53.9 Å². The minimum Gasteiger partial charge on any atom is -0.346 e. The third-order valence-electron chi connectivity index (χ3n) is 5.56. The van der Waals surface area contributed by atoms with Crippen LogP contribution in [0, 0.1) is 5.82 Å². The molecule has 3 aromatic rings. The Morgan fingerprint density at radius 2 is 1.68 bits per heavy atom. The maximum absolute atomic E-state index is 13.3. The highest BCUT2D eigenvalue weighted by molar-refractivity contribution is 7.94. The number of anilines is 1. The number of nitrogens with one attached hydrogen (secondary N) is 2. The topological polar surface area (TPSA) is 75.3 Å². The molecule has 2 aromatic carbocycles. The van der Waals surface area contributed by atoms with Crippen LogP contribution in [-0.4, -0.2) is 14.3 Å². The van der Waals surface area contributed by atoms with Crippen molar-refractivity contribution >= 4 is 33.0 Å². The first kappa shape index (κ1) is 21.5. The van der Waals surface area contributed by atoms with Gasteiger partial charge in [-0.15, -0.1) is 11.3 Å². The number of amides is 1. The predicted molar refractivity (Wildman–Crippen MR) is 120 cm³/mol. The zero-order chi connectivity index (χ0) is 21.9. The van der Waals surface area contributed by atoms with Crippen molar-refractivity contribution in [2.75, 3.05) is 4.72 Å². The monoisotopic (exact) mass is 458 g/mol. The normalized spacial score (nSPS) is 15.5. The summed E-state index contributed by atoms with van der Waals surface area (Å²) in [6, 6.07) is 16.4. The summed E-state index contributed by atoms with van der Waals surface area (Å²) in [7, 11) is -3.60. The average molecular weight is 459 g/mol. The summed E-state index contributed by atoms with van der Waals surface area (Å²) in [6.45, 7) is 0. The fourth-order valence-corrected chi connectivity index (χ4v) is 6.09. The van der Waals surface area contributed by atoms with Crippen LogP contribution in [-0.2, 0) is 26.8 Å². The van der Waals surface area contributed by atoms with Crippen molar-refractivity contribution in [3.05, 3.63) is 83.0 Å². The van der Waals surface area contributed by atoms with Crippen molar-refractivity contribution < 1.29 is 17.6 Å². The van der Waals surface area contributed by atoms with Crippen molar-refractivity contribution in [3.63, 3.8) is 0 Å². The van der Waals surface area contributed by atoms with E-state index >= 15 is 0 Å². The second-order valence-corrected chi connectivity index (χ2v) is 10.6.